The highest BCUT2D eigenvalue weighted by molar-refractivity contribution is 6.03. The van der Waals surface area contributed by atoms with Gasteiger partial charge in [0, 0.05) is 12.0 Å². The fraction of sp³-hybridized carbons (Fsp3) is 0.182. The van der Waals surface area contributed by atoms with E-state index in [9.17, 15) is 27.6 Å². The molecular formula is C11H7F3O5. The van der Waals surface area contributed by atoms with Crippen molar-refractivity contribution in [2.75, 3.05) is 0 Å². The first-order valence-electron chi connectivity index (χ1n) is 4.87. The molecular weight excluding hydrogens is 269 g/mol. The van der Waals surface area contributed by atoms with Crippen LogP contribution in [0.2, 0.25) is 0 Å². The van der Waals surface area contributed by atoms with Crippen molar-refractivity contribution < 1.29 is 37.8 Å². The molecule has 102 valence electrons. The minimum absolute atomic E-state index is 0.376. The normalized spacial score (nSPS) is 10.5. The molecule has 0 unspecified atom stereocenters. The number of halogens is 3. The molecule has 1 aromatic rings. The molecule has 0 atom stereocenters. The number of carboxylic acids is 2. The predicted octanol–water partition coefficient (Wildman–Crippen LogP) is 1.46. The molecule has 0 saturated heterocycles. The fourth-order valence-corrected chi connectivity index (χ4v) is 1.30. The summed E-state index contributed by atoms with van der Waals surface area (Å²) in [7, 11) is 0. The van der Waals surface area contributed by atoms with E-state index in [1.807, 2.05) is 0 Å². The number of carbonyl (C=O) groups is 3. The average Bonchev–Trinajstić information content (AvgIpc) is 2.31. The second kappa shape index (κ2) is 5.51. The predicted molar refractivity (Wildman–Crippen MR) is 54.0 cm³/mol. The first-order chi connectivity index (χ1) is 8.73. The average molecular weight is 276 g/mol. The van der Waals surface area contributed by atoms with Crippen LogP contribution < -0.4 is 0 Å². The third kappa shape index (κ3) is 3.30. The molecule has 0 aliphatic carbocycles. The highest BCUT2D eigenvalue weighted by atomic mass is 19.2. The van der Waals surface area contributed by atoms with Gasteiger partial charge in [0.1, 0.15) is 0 Å². The first kappa shape index (κ1) is 14.7. The number of aliphatic carboxylic acids is 2. The summed E-state index contributed by atoms with van der Waals surface area (Å²) in [5, 5.41) is 17.1. The summed E-state index contributed by atoms with van der Waals surface area (Å²) in [5.41, 5.74) is -0.635. The minimum Gasteiger partial charge on any atom is -0.481 e. The van der Waals surface area contributed by atoms with Crippen LogP contribution in [0, 0.1) is 23.4 Å². The molecule has 0 aliphatic rings. The lowest BCUT2D eigenvalue weighted by Crippen LogP contribution is -2.26. The molecule has 0 amide bonds. The topological polar surface area (TPSA) is 91.7 Å². The number of Topliss-reactive ketones (excluding diaryl/α,β-unsaturated/α-hetero) is 1. The number of carbonyl (C=O) groups excluding carboxylic acids is 1. The monoisotopic (exact) mass is 276 g/mol. The van der Waals surface area contributed by atoms with Crippen LogP contribution in [0.25, 0.3) is 0 Å². The van der Waals surface area contributed by atoms with Gasteiger partial charge in [-0.1, -0.05) is 0 Å². The third-order valence-electron chi connectivity index (χ3n) is 2.29. The molecule has 19 heavy (non-hydrogen) atoms. The number of benzene rings is 1. The third-order valence-corrected chi connectivity index (χ3v) is 2.29. The molecule has 0 bridgehead atoms. The maximum Gasteiger partial charge on any atom is 0.318 e. The zero-order valence-corrected chi connectivity index (χ0v) is 9.19. The summed E-state index contributed by atoms with van der Waals surface area (Å²) in [5.74, 6) is -11.7. The van der Waals surface area contributed by atoms with E-state index in [2.05, 4.69) is 0 Å². The SMILES string of the molecule is O=C(CC(C(=O)O)C(=O)O)c1cc(F)c(F)c(F)c1. The van der Waals surface area contributed by atoms with Gasteiger partial charge in [0.25, 0.3) is 0 Å². The summed E-state index contributed by atoms with van der Waals surface area (Å²) < 4.78 is 38.4. The lowest BCUT2D eigenvalue weighted by molar-refractivity contribution is -0.154. The van der Waals surface area contributed by atoms with Crippen LogP contribution >= 0.6 is 0 Å². The van der Waals surface area contributed by atoms with Gasteiger partial charge in [0.05, 0.1) is 0 Å². The molecule has 0 aromatic heterocycles. The summed E-state index contributed by atoms with van der Waals surface area (Å²) in [6.07, 6.45) is -0.991. The quantitative estimate of drug-likeness (QED) is 0.482. The Labute approximate surface area is 104 Å². The van der Waals surface area contributed by atoms with E-state index < -0.39 is 53.1 Å². The van der Waals surface area contributed by atoms with E-state index in [-0.39, 0.29) is 0 Å². The summed E-state index contributed by atoms with van der Waals surface area (Å²) in [6, 6.07) is 0.753. The van der Waals surface area contributed by atoms with Crippen LogP contribution in [-0.4, -0.2) is 27.9 Å². The van der Waals surface area contributed by atoms with Crippen molar-refractivity contribution >= 4 is 17.7 Å². The van der Waals surface area contributed by atoms with Crippen LogP contribution in [0.4, 0.5) is 13.2 Å². The maximum atomic E-state index is 12.9. The Bertz CT molecular complexity index is 518. The number of hydrogen-bond acceptors (Lipinski definition) is 3. The molecule has 0 aliphatic heterocycles. The Morgan fingerprint density at radius 3 is 1.79 bits per heavy atom. The Hall–Kier alpha value is -2.38. The Morgan fingerprint density at radius 2 is 1.42 bits per heavy atom. The van der Waals surface area contributed by atoms with Crippen molar-refractivity contribution in [1.29, 1.82) is 0 Å². The minimum atomic E-state index is -2.04. The summed E-state index contributed by atoms with van der Waals surface area (Å²) in [4.78, 5) is 32.6. The smallest absolute Gasteiger partial charge is 0.318 e. The molecule has 1 aromatic carbocycles. The van der Waals surface area contributed by atoms with Gasteiger partial charge < -0.3 is 10.2 Å². The molecule has 2 N–H and O–H groups in total. The van der Waals surface area contributed by atoms with Gasteiger partial charge >= 0.3 is 11.9 Å². The van der Waals surface area contributed by atoms with Crippen LogP contribution in [0.1, 0.15) is 16.8 Å². The van der Waals surface area contributed by atoms with E-state index in [1.54, 1.807) is 0 Å². The van der Waals surface area contributed by atoms with Gasteiger partial charge in [-0.2, -0.15) is 0 Å². The Kier molecular flexibility index (Phi) is 4.26. The molecule has 0 spiro atoms. The number of rotatable bonds is 5. The lowest BCUT2D eigenvalue weighted by atomic mass is 9.98. The van der Waals surface area contributed by atoms with Crippen molar-refractivity contribution in [3.63, 3.8) is 0 Å². The van der Waals surface area contributed by atoms with Crippen molar-refractivity contribution in [2.45, 2.75) is 6.42 Å². The van der Waals surface area contributed by atoms with E-state index in [0.717, 1.165) is 0 Å². The van der Waals surface area contributed by atoms with Gasteiger partial charge in [-0.05, 0) is 12.1 Å². The molecule has 5 nitrogen and oxygen atoms in total. The van der Waals surface area contributed by atoms with Crippen molar-refractivity contribution in [3.8, 4) is 0 Å². The van der Waals surface area contributed by atoms with Crippen LogP contribution in [0.3, 0.4) is 0 Å². The Balaban J connectivity index is 3.01. The van der Waals surface area contributed by atoms with E-state index in [1.165, 1.54) is 0 Å². The van der Waals surface area contributed by atoms with Gasteiger partial charge in [-0.3, -0.25) is 14.4 Å². The lowest BCUT2D eigenvalue weighted by Gasteiger charge is -2.07. The van der Waals surface area contributed by atoms with Crippen LogP contribution in [0.5, 0.6) is 0 Å². The van der Waals surface area contributed by atoms with Crippen LogP contribution in [-0.2, 0) is 9.59 Å². The van der Waals surface area contributed by atoms with E-state index >= 15 is 0 Å². The van der Waals surface area contributed by atoms with Gasteiger partial charge in [-0.25, -0.2) is 13.2 Å². The molecule has 0 fully saturated rings. The largest absolute Gasteiger partial charge is 0.481 e. The van der Waals surface area contributed by atoms with Gasteiger partial charge in [-0.15, -0.1) is 0 Å². The highest BCUT2D eigenvalue weighted by Gasteiger charge is 2.29. The molecule has 8 heteroatoms. The zero-order valence-electron chi connectivity index (χ0n) is 9.19. The molecule has 0 saturated carbocycles. The number of hydrogen-bond donors (Lipinski definition) is 2. The number of ketones is 1. The number of carboxylic acid groups (broad SMARTS) is 2. The van der Waals surface area contributed by atoms with Crippen molar-refractivity contribution in [2.24, 2.45) is 5.92 Å². The van der Waals surface area contributed by atoms with E-state index in [0.29, 0.717) is 12.1 Å². The summed E-state index contributed by atoms with van der Waals surface area (Å²) >= 11 is 0. The molecule has 0 heterocycles. The molecule has 1 rings (SSSR count). The van der Waals surface area contributed by atoms with Crippen molar-refractivity contribution in [3.05, 3.63) is 35.1 Å². The Morgan fingerprint density at radius 1 is 1.00 bits per heavy atom. The van der Waals surface area contributed by atoms with Crippen molar-refractivity contribution in [1.82, 2.24) is 0 Å². The van der Waals surface area contributed by atoms with Crippen LogP contribution in [0.15, 0.2) is 12.1 Å². The zero-order chi connectivity index (χ0) is 14.7. The summed E-state index contributed by atoms with van der Waals surface area (Å²) in [6.45, 7) is 0. The first-order valence-corrected chi connectivity index (χ1v) is 4.87. The maximum absolute atomic E-state index is 12.9. The molecule has 0 radical (unpaired) electrons. The van der Waals surface area contributed by atoms with Gasteiger partial charge in [0.15, 0.2) is 29.2 Å². The van der Waals surface area contributed by atoms with E-state index in [4.69, 9.17) is 10.2 Å². The standard InChI is InChI=1S/C11H7F3O5/c12-6-1-4(2-7(13)9(6)14)8(15)3-5(10(16)17)11(18)19/h1-2,5H,3H2,(H,16,17)(H,18,19). The second-order valence-corrected chi connectivity index (χ2v) is 3.61. The second-order valence-electron chi connectivity index (χ2n) is 3.61. The van der Waals surface area contributed by atoms with Gasteiger partial charge in [0.2, 0.25) is 0 Å². The highest BCUT2D eigenvalue weighted by Crippen LogP contribution is 2.17. The fourth-order valence-electron chi connectivity index (χ4n) is 1.30.